The molecule has 7 heteroatoms. The first kappa shape index (κ1) is 19.3. The van der Waals surface area contributed by atoms with E-state index in [2.05, 4.69) is 5.32 Å². The molecule has 0 aliphatic heterocycles. The van der Waals surface area contributed by atoms with Crippen LogP contribution in [0.1, 0.15) is 41.5 Å². The zero-order valence-electron chi connectivity index (χ0n) is 15.8. The normalized spacial score (nSPS) is 14.6. The van der Waals surface area contributed by atoms with Crippen molar-refractivity contribution in [2.45, 2.75) is 45.8 Å². The van der Waals surface area contributed by atoms with Crippen LogP contribution in [0.4, 0.5) is 0 Å². The first-order chi connectivity index (χ1) is 12.8. The second kappa shape index (κ2) is 7.64. The predicted molar refractivity (Wildman–Crippen MR) is 103 cm³/mol. The van der Waals surface area contributed by atoms with Crippen LogP contribution in [0.25, 0.3) is 5.69 Å². The van der Waals surface area contributed by atoms with E-state index in [0.29, 0.717) is 22.0 Å². The van der Waals surface area contributed by atoms with Crippen LogP contribution < -0.4 is 10.1 Å². The lowest BCUT2D eigenvalue weighted by Gasteiger charge is -2.15. The van der Waals surface area contributed by atoms with E-state index in [1.54, 1.807) is 38.3 Å². The fourth-order valence-corrected chi connectivity index (χ4v) is 3.17. The lowest BCUT2D eigenvalue weighted by Crippen LogP contribution is -2.37. The number of nitrogens with one attached hydrogen (secondary N) is 1. The van der Waals surface area contributed by atoms with Crippen molar-refractivity contribution in [2.24, 2.45) is 0 Å². The molecule has 1 saturated carbocycles. The third-order valence-electron chi connectivity index (χ3n) is 4.61. The summed E-state index contributed by atoms with van der Waals surface area (Å²) in [7, 11) is 1.58. The molecule has 1 atom stereocenters. The van der Waals surface area contributed by atoms with Crippen molar-refractivity contribution < 1.29 is 19.1 Å². The van der Waals surface area contributed by atoms with Crippen LogP contribution in [0.2, 0.25) is 5.02 Å². The summed E-state index contributed by atoms with van der Waals surface area (Å²) < 4.78 is 12.7. The molecule has 1 aliphatic carbocycles. The molecule has 1 aliphatic rings. The number of halogens is 1. The molecule has 3 rings (SSSR count). The van der Waals surface area contributed by atoms with Gasteiger partial charge in [-0.1, -0.05) is 11.6 Å². The number of carbonyl (C=O) groups is 2. The molecular formula is C20H23ClN2O4. The number of nitrogens with zero attached hydrogens (tertiary/aromatic N) is 1. The van der Waals surface area contributed by atoms with Crippen molar-refractivity contribution >= 4 is 23.5 Å². The van der Waals surface area contributed by atoms with Crippen LogP contribution in [-0.4, -0.2) is 35.7 Å². The van der Waals surface area contributed by atoms with Crippen LogP contribution >= 0.6 is 11.6 Å². The minimum Gasteiger partial charge on any atom is -0.495 e. The first-order valence-electron chi connectivity index (χ1n) is 8.86. The molecule has 0 unspecified atom stereocenters. The van der Waals surface area contributed by atoms with Crippen molar-refractivity contribution in [3.05, 3.63) is 46.2 Å². The summed E-state index contributed by atoms with van der Waals surface area (Å²) in [5.41, 5.74) is 2.65. The Bertz CT molecular complexity index is 886. The Hall–Kier alpha value is -2.47. The van der Waals surface area contributed by atoms with E-state index in [1.807, 2.05) is 18.4 Å². The predicted octanol–water partition coefficient (Wildman–Crippen LogP) is 3.58. The number of methoxy groups -OCH3 is 1. The number of benzene rings is 1. The molecule has 144 valence electrons. The number of hydrogen-bond acceptors (Lipinski definition) is 4. The average molecular weight is 391 g/mol. The number of amides is 1. The third-order valence-corrected chi connectivity index (χ3v) is 4.84. The van der Waals surface area contributed by atoms with Gasteiger partial charge < -0.3 is 19.4 Å². The molecule has 27 heavy (non-hydrogen) atoms. The molecular weight excluding hydrogens is 368 g/mol. The maximum atomic E-state index is 12.6. The molecule has 6 nitrogen and oxygen atoms in total. The molecule has 1 heterocycles. The molecule has 0 bridgehead atoms. The smallest absolute Gasteiger partial charge is 0.340 e. The highest BCUT2D eigenvalue weighted by Crippen LogP contribution is 2.31. The standard InChI is InChI=1S/C20H23ClN2O4/c1-11-9-16(20(25)27-13(3)19(24)22-15-6-7-15)12(2)23(11)17-10-14(21)5-8-18(17)26-4/h5,8-10,13,15H,6-7H2,1-4H3,(H,22,24)/t13-/m1/s1. The molecule has 1 N–H and O–H groups in total. The Labute approximate surface area is 163 Å². The van der Waals surface area contributed by atoms with Gasteiger partial charge in [0.05, 0.1) is 18.4 Å². The van der Waals surface area contributed by atoms with Crippen molar-refractivity contribution in [1.29, 1.82) is 0 Å². The minimum atomic E-state index is -0.845. The Balaban J connectivity index is 1.86. The van der Waals surface area contributed by atoms with Gasteiger partial charge in [0.1, 0.15) is 5.75 Å². The minimum absolute atomic E-state index is 0.221. The second-order valence-corrected chi connectivity index (χ2v) is 7.20. The van der Waals surface area contributed by atoms with Gasteiger partial charge in [0.2, 0.25) is 0 Å². The highest BCUT2D eigenvalue weighted by atomic mass is 35.5. The number of aryl methyl sites for hydroxylation is 1. The molecule has 0 saturated heterocycles. The Kier molecular flexibility index (Phi) is 5.46. The summed E-state index contributed by atoms with van der Waals surface area (Å²) in [6, 6.07) is 7.26. The molecule has 0 radical (unpaired) electrons. The van der Waals surface area contributed by atoms with E-state index in [1.165, 1.54) is 0 Å². The molecule has 2 aromatic rings. The van der Waals surface area contributed by atoms with E-state index in [-0.39, 0.29) is 11.9 Å². The van der Waals surface area contributed by atoms with Crippen molar-refractivity contribution in [1.82, 2.24) is 9.88 Å². The van der Waals surface area contributed by atoms with Crippen LogP contribution in [0.5, 0.6) is 5.75 Å². The second-order valence-electron chi connectivity index (χ2n) is 6.77. The largest absolute Gasteiger partial charge is 0.495 e. The SMILES string of the molecule is COc1ccc(Cl)cc1-n1c(C)cc(C(=O)O[C@H](C)C(=O)NC2CC2)c1C. The Morgan fingerprint density at radius 3 is 2.59 bits per heavy atom. The monoisotopic (exact) mass is 390 g/mol. The summed E-state index contributed by atoms with van der Waals surface area (Å²) in [6.07, 6.45) is 1.12. The van der Waals surface area contributed by atoms with Crippen molar-refractivity contribution in [3.63, 3.8) is 0 Å². The van der Waals surface area contributed by atoms with E-state index < -0.39 is 12.1 Å². The zero-order valence-corrected chi connectivity index (χ0v) is 16.6. The van der Waals surface area contributed by atoms with Crippen LogP contribution in [0, 0.1) is 13.8 Å². The summed E-state index contributed by atoms with van der Waals surface area (Å²) in [5, 5.41) is 3.40. The maximum Gasteiger partial charge on any atom is 0.340 e. The maximum absolute atomic E-state index is 12.6. The van der Waals surface area contributed by atoms with Crippen LogP contribution in [0.15, 0.2) is 24.3 Å². The first-order valence-corrected chi connectivity index (χ1v) is 9.23. The lowest BCUT2D eigenvalue weighted by atomic mass is 10.2. The lowest BCUT2D eigenvalue weighted by molar-refractivity contribution is -0.129. The fraction of sp³-hybridized carbons (Fsp3) is 0.400. The molecule has 1 aromatic heterocycles. The third kappa shape index (κ3) is 4.11. The van der Waals surface area contributed by atoms with Gasteiger partial charge in [-0.25, -0.2) is 4.79 Å². The van der Waals surface area contributed by atoms with Gasteiger partial charge in [0.25, 0.3) is 5.91 Å². The van der Waals surface area contributed by atoms with Gasteiger partial charge in [0.15, 0.2) is 6.10 Å². The number of carbonyl (C=O) groups excluding carboxylic acids is 2. The highest BCUT2D eigenvalue weighted by molar-refractivity contribution is 6.30. The van der Waals surface area contributed by atoms with E-state index >= 15 is 0 Å². The van der Waals surface area contributed by atoms with Gasteiger partial charge in [0, 0.05) is 22.5 Å². The average Bonchev–Trinajstić information content (AvgIpc) is 3.38. The summed E-state index contributed by atoms with van der Waals surface area (Å²) in [4.78, 5) is 24.7. The molecule has 1 amide bonds. The Morgan fingerprint density at radius 2 is 1.96 bits per heavy atom. The van der Waals surface area contributed by atoms with Crippen LogP contribution in [-0.2, 0) is 9.53 Å². The summed E-state index contributed by atoms with van der Waals surface area (Å²) in [5.74, 6) is -0.164. The van der Waals surface area contributed by atoms with Crippen LogP contribution in [0.3, 0.4) is 0 Å². The summed E-state index contributed by atoms with van der Waals surface area (Å²) >= 11 is 6.14. The number of rotatable bonds is 6. The quantitative estimate of drug-likeness (QED) is 0.765. The zero-order chi connectivity index (χ0) is 19.7. The Morgan fingerprint density at radius 1 is 1.26 bits per heavy atom. The van der Waals surface area contributed by atoms with Gasteiger partial charge in [-0.05, 0) is 57.9 Å². The number of esters is 1. The van der Waals surface area contributed by atoms with E-state index in [9.17, 15) is 9.59 Å². The number of aromatic nitrogens is 1. The topological polar surface area (TPSA) is 69.6 Å². The number of ether oxygens (including phenoxy) is 2. The van der Waals surface area contributed by atoms with Crippen molar-refractivity contribution in [2.75, 3.05) is 7.11 Å². The fourth-order valence-electron chi connectivity index (χ4n) is 3.00. The highest BCUT2D eigenvalue weighted by Gasteiger charge is 2.28. The summed E-state index contributed by atoms with van der Waals surface area (Å²) in [6.45, 7) is 5.28. The molecule has 1 fully saturated rings. The number of hydrogen-bond donors (Lipinski definition) is 1. The van der Waals surface area contributed by atoms with Gasteiger partial charge in [-0.15, -0.1) is 0 Å². The van der Waals surface area contributed by atoms with Crippen molar-refractivity contribution in [3.8, 4) is 11.4 Å². The molecule has 0 spiro atoms. The van der Waals surface area contributed by atoms with Gasteiger partial charge >= 0.3 is 5.97 Å². The van der Waals surface area contributed by atoms with E-state index in [0.717, 1.165) is 24.2 Å². The van der Waals surface area contributed by atoms with E-state index in [4.69, 9.17) is 21.1 Å². The van der Waals surface area contributed by atoms with Gasteiger partial charge in [-0.3, -0.25) is 4.79 Å². The van der Waals surface area contributed by atoms with Gasteiger partial charge in [-0.2, -0.15) is 0 Å². The molecule has 1 aromatic carbocycles.